The van der Waals surface area contributed by atoms with Crippen LogP contribution in [-0.4, -0.2) is 30.4 Å². The minimum Gasteiger partial charge on any atom is -0.325 e. The van der Waals surface area contributed by atoms with Gasteiger partial charge in [-0.3, -0.25) is 9.69 Å². The SMILES string of the molecule is CCN(CC#N)CC(=O)Nc1cccc(Cl)c1. The maximum absolute atomic E-state index is 11.7. The van der Waals surface area contributed by atoms with Gasteiger partial charge < -0.3 is 5.32 Å². The van der Waals surface area contributed by atoms with Crippen molar-refractivity contribution >= 4 is 23.2 Å². The quantitative estimate of drug-likeness (QED) is 0.816. The van der Waals surface area contributed by atoms with Crippen LogP contribution in [-0.2, 0) is 4.79 Å². The summed E-state index contributed by atoms with van der Waals surface area (Å²) >= 11 is 5.81. The molecule has 4 nitrogen and oxygen atoms in total. The van der Waals surface area contributed by atoms with Gasteiger partial charge in [0, 0.05) is 10.7 Å². The van der Waals surface area contributed by atoms with Gasteiger partial charge in [-0.1, -0.05) is 24.6 Å². The summed E-state index contributed by atoms with van der Waals surface area (Å²) in [5, 5.41) is 11.9. The van der Waals surface area contributed by atoms with E-state index < -0.39 is 0 Å². The van der Waals surface area contributed by atoms with Crippen LogP contribution in [0.3, 0.4) is 0 Å². The Hall–Kier alpha value is -1.57. The van der Waals surface area contributed by atoms with Crippen LogP contribution in [0.5, 0.6) is 0 Å². The number of likely N-dealkylation sites (N-methyl/N-ethyl adjacent to an activating group) is 1. The first-order valence-electron chi connectivity index (χ1n) is 5.30. The molecule has 0 atom stereocenters. The van der Waals surface area contributed by atoms with E-state index in [9.17, 15) is 4.79 Å². The van der Waals surface area contributed by atoms with Crippen molar-refractivity contribution in [1.29, 1.82) is 5.26 Å². The molecule has 0 heterocycles. The first-order chi connectivity index (χ1) is 8.15. The average Bonchev–Trinajstić information content (AvgIpc) is 2.28. The maximum Gasteiger partial charge on any atom is 0.238 e. The third kappa shape index (κ3) is 4.85. The molecule has 0 unspecified atom stereocenters. The summed E-state index contributed by atoms with van der Waals surface area (Å²) in [6, 6.07) is 8.98. The lowest BCUT2D eigenvalue weighted by Crippen LogP contribution is -2.33. The molecule has 0 saturated heterocycles. The topological polar surface area (TPSA) is 56.1 Å². The molecule has 0 aromatic heterocycles. The molecule has 5 heteroatoms. The lowest BCUT2D eigenvalue weighted by molar-refractivity contribution is -0.117. The molecule has 0 aliphatic carbocycles. The van der Waals surface area contributed by atoms with Gasteiger partial charge in [0.1, 0.15) is 0 Å². The van der Waals surface area contributed by atoms with Crippen molar-refractivity contribution in [2.45, 2.75) is 6.92 Å². The zero-order valence-electron chi connectivity index (χ0n) is 9.61. The number of hydrogen-bond donors (Lipinski definition) is 1. The number of benzene rings is 1. The van der Waals surface area contributed by atoms with E-state index in [1.54, 1.807) is 29.2 Å². The average molecular weight is 252 g/mol. The summed E-state index contributed by atoms with van der Waals surface area (Å²) in [5.74, 6) is -0.149. The molecule has 1 amide bonds. The number of rotatable bonds is 5. The Bertz CT molecular complexity index is 428. The lowest BCUT2D eigenvalue weighted by atomic mass is 10.3. The fourth-order valence-corrected chi connectivity index (χ4v) is 1.54. The second-order valence-electron chi connectivity index (χ2n) is 3.52. The van der Waals surface area contributed by atoms with Gasteiger partial charge in [0.15, 0.2) is 0 Å². The minimum atomic E-state index is -0.149. The summed E-state index contributed by atoms with van der Waals surface area (Å²) in [6.45, 7) is 3.02. The highest BCUT2D eigenvalue weighted by Gasteiger charge is 2.08. The molecule has 1 N–H and O–H groups in total. The molecule has 0 aliphatic heterocycles. The lowest BCUT2D eigenvalue weighted by Gasteiger charge is -2.15. The van der Waals surface area contributed by atoms with E-state index in [1.165, 1.54) is 0 Å². The van der Waals surface area contributed by atoms with Crippen LogP contribution < -0.4 is 5.32 Å². The van der Waals surface area contributed by atoms with Gasteiger partial charge in [-0.05, 0) is 24.7 Å². The van der Waals surface area contributed by atoms with Crippen LogP contribution in [0.2, 0.25) is 5.02 Å². The summed E-state index contributed by atoms with van der Waals surface area (Å²) in [5.41, 5.74) is 0.663. The smallest absolute Gasteiger partial charge is 0.238 e. The number of hydrogen-bond acceptors (Lipinski definition) is 3. The van der Waals surface area contributed by atoms with Gasteiger partial charge in [0.2, 0.25) is 5.91 Å². The Labute approximate surface area is 106 Å². The van der Waals surface area contributed by atoms with Crippen LogP contribution in [0, 0.1) is 11.3 Å². The zero-order chi connectivity index (χ0) is 12.7. The molecule has 0 aliphatic rings. The van der Waals surface area contributed by atoms with Crippen LogP contribution >= 0.6 is 11.6 Å². The van der Waals surface area contributed by atoms with Gasteiger partial charge in [0.25, 0.3) is 0 Å². The monoisotopic (exact) mass is 251 g/mol. The third-order valence-corrected chi connectivity index (χ3v) is 2.45. The number of nitrogens with one attached hydrogen (secondary N) is 1. The van der Waals surface area contributed by atoms with Gasteiger partial charge >= 0.3 is 0 Å². The Balaban J connectivity index is 2.52. The van der Waals surface area contributed by atoms with Crippen molar-refractivity contribution in [3.05, 3.63) is 29.3 Å². The molecule has 0 bridgehead atoms. The number of anilines is 1. The second kappa shape index (κ2) is 6.89. The number of carbonyl (C=O) groups is 1. The summed E-state index contributed by atoms with van der Waals surface area (Å²) < 4.78 is 0. The van der Waals surface area contributed by atoms with E-state index in [0.717, 1.165) is 0 Å². The van der Waals surface area contributed by atoms with Crippen LogP contribution in [0.1, 0.15) is 6.92 Å². The zero-order valence-corrected chi connectivity index (χ0v) is 10.4. The van der Waals surface area contributed by atoms with Gasteiger partial charge in [0.05, 0.1) is 19.2 Å². The number of nitriles is 1. The first kappa shape index (κ1) is 13.5. The van der Waals surface area contributed by atoms with Crippen LogP contribution in [0.4, 0.5) is 5.69 Å². The molecule has 1 rings (SSSR count). The molecule has 0 spiro atoms. The Morgan fingerprint density at radius 2 is 2.35 bits per heavy atom. The highest BCUT2D eigenvalue weighted by atomic mass is 35.5. The predicted octanol–water partition coefficient (Wildman–Crippen LogP) is 2.12. The molecule has 0 fully saturated rings. The molecule has 0 radical (unpaired) electrons. The second-order valence-corrected chi connectivity index (χ2v) is 3.96. The Kier molecular flexibility index (Phi) is 5.47. The van der Waals surface area contributed by atoms with Gasteiger partial charge in [-0.15, -0.1) is 0 Å². The maximum atomic E-state index is 11.7. The number of amides is 1. The first-order valence-corrected chi connectivity index (χ1v) is 5.68. The molecule has 0 saturated carbocycles. The van der Waals surface area contributed by atoms with E-state index in [-0.39, 0.29) is 19.0 Å². The van der Waals surface area contributed by atoms with E-state index in [4.69, 9.17) is 16.9 Å². The summed E-state index contributed by atoms with van der Waals surface area (Å²) in [4.78, 5) is 13.4. The normalized spacial score (nSPS) is 10.0. The molecular formula is C12H14ClN3O. The molecule has 1 aromatic rings. The summed E-state index contributed by atoms with van der Waals surface area (Å²) in [7, 11) is 0. The van der Waals surface area contributed by atoms with Crippen molar-refractivity contribution < 1.29 is 4.79 Å². The molecule has 17 heavy (non-hydrogen) atoms. The predicted molar refractivity (Wildman–Crippen MR) is 67.8 cm³/mol. The van der Waals surface area contributed by atoms with Crippen LogP contribution in [0.25, 0.3) is 0 Å². The highest BCUT2D eigenvalue weighted by molar-refractivity contribution is 6.30. The van der Waals surface area contributed by atoms with E-state index in [1.807, 2.05) is 13.0 Å². The fraction of sp³-hybridized carbons (Fsp3) is 0.333. The summed E-state index contributed by atoms with van der Waals surface area (Å²) in [6.07, 6.45) is 0. The third-order valence-electron chi connectivity index (χ3n) is 2.22. The van der Waals surface area contributed by atoms with Crippen molar-refractivity contribution in [1.82, 2.24) is 4.90 Å². The van der Waals surface area contributed by atoms with E-state index in [2.05, 4.69) is 5.32 Å². The van der Waals surface area contributed by atoms with Crippen molar-refractivity contribution in [2.24, 2.45) is 0 Å². The van der Waals surface area contributed by atoms with Gasteiger partial charge in [-0.2, -0.15) is 5.26 Å². The van der Waals surface area contributed by atoms with Crippen molar-refractivity contribution in [3.8, 4) is 6.07 Å². The van der Waals surface area contributed by atoms with Crippen molar-refractivity contribution in [3.63, 3.8) is 0 Å². The number of nitrogens with zero attached hydrogens (tertiary/aromatic N) is 2. The Morgan fingerprint density at radius 1 is 1.59 bits per heavy atom. The van der Waals surface area contributed by atoms with Crippen molar-refractivity contribution in [2.75, 3.05) is 25.0 Å². The fourth-order valence-electron chi connectivity index (χ4n) is 1.35. The minimum absolute atomic E-state index is 0.149. The molecule has 1 aromatic carbocycles. The van der Waals surface area contributed by atoms with E-state index in [0.29, 0.717) is 17.3 Å². The number of carbonyl (C=O) groups excluding carboxylic acids is 1. The largest absolute Gasteiger partial charge is 0.325 e. The van der Waals surface area contributed by atoms with Crippen LogP contribution in [0.15, 0.2) is 24.3 Å². The van der Waals surface area contributed by atoms with Gasteiger partial charge in [-0.25, -0.2) is 0 Å². The van der Waals surface area contributed by atoms with E-state index >= 15 is 0 Å². The molecular weight excluding hydrogens is 238 g/mol. The molecule has 90 valence electrons. The Morgan fingerprint density at radius 3 is 2.94 bits per heavy atom. The standard InChI is InChI=1S/C12H14ClN3O/c1-2-16(7-6-14)9-12(17)15-11-5-3-4-10(13)8-11/h3-5,8H,2,7,9H2,1H3,(H,15,17). The number of halogens is 1. The highest BCUT2D eigenvalue weighted by Crippen LogP contribution is 2.14.